The van der Waals surface area contributed by atoms with Gasteiger partial charge in [0.1, 0.15) is 6.04 Å². The monoisotopic (exact) mass is 426 g/mol. The third kappa shape index (κ3) is 3.46. The number of likely N-dealkylation sites (tertiary alicyclic amines) is 1. The van der Waals surface area contributed by atoms with E-state index in [9.17, 15) is 19.2 Å². The number of hydrogen-bond donors (Lipinski definition) is 2. The molecule has 9 heteroatoms. The molecule has 4 amide bonds. The Hall–Kier alpha value is -2.62. The fourth-order valence-electron chi connectivity index (χ4n) is 5.11. The van der Waals surface area contributed by atoms with Gasteiger partial charge in [0.2, 0.25) is 11.8 Å². The molecule has 0 aliphatic carbocycles. The first kappa shape index (κ1) is 20.3. The number of fused-ring (bicyclic) bond motifs is 1. The molecular formula is C22H26N4O5. The van der Waals surface area contributed by atoms with E-state index in [0.717, 1.165) is 36.4 Å². The predicted octanol–water partition coefficient (Wildman–Crippen LogP) is 0.0275. The van der Waals surface area contributed by atoms with Crippen LogP contribution in [0.25, 0.3) is 0 Å². The molecule has 1 atom stereocenters. The van der Waals surface area contributed by atoms with Crippen LogP contribution in [-0.4, -0.2) is 71.3 Å². The van der Waals surface area contributed by atoms with Gasteiger partial charge in [-0.3, -0.25) is 34.3 Å². The molecule has 0 radical (unpaired) electrons. The van der Waals surface area contributed by atoms with Crippen molar-refractivity contribution >= 4 is 23.6 Å². The zero-order chi connectivity index (χ0) is 21.8. The Bertz CT molecular complexity index is 965. The SMILES string of the molecule is NC1(C2CCN(Cc3ccc4c(c3)C(=O)N(C3CCC(=O)NC3=O)C4=O)CC2)COC1. The van der Waals surface area contributed by atoms with Crippen LogP contribution in [0, 0.1) is 5.92 Å². The first-order valence-electron chi connectivity index (χ1n) is 10.8. The number of rotatable bonds is 4. The number of benzene rings is 1. The first-order chi connectivity index (χ1) is 14.9. The van der Waals surface area contributed by atoms with Crippen LogP contribution in [0.2, 0.25) is 0 Å². The second-order valence-electron chi connectivity index (χ2n) is 9.10. The summed E-state index contributed by atoms with van der Waals surface area (Å²) in [6.07, 6.45) is 2.31. The lowest BCUT2D eigenvalue weighted by atomic mass is 9.77. The van der Waals surface area contributed by atoms with Crippen molar-refractivity contribution in [3.63, 3.8) is 0 Å². The molecule has 4 aliphatic rings. The van der Waals surface area contributed by atoms with E-state index >= 15 is 0 Å². The van der Waals surface area contributed by atoms with Gasteiger partial charge in [-0.1, -0.05) is 6.07 Å². The fourth-order valence-corrected chi connectivity index (χ4v) is 5.11. The lowest BCUT2D eigenvalue weighted by Crippen LogP contribution is -2.63. The van der Waals surface area contributed by atoms with Gasteiger partial charge in [-0.2, -0.15) is 0 Å². The summed E-state index contributed by atoms with van der Waals surface area (Å²) in [5.41, 5.74) is 7.81. The molecular weight excluding hydrogens is 400 g/mol. The van der Waals surface area contributed by atoms with Crippen LogP contribution in [0.15, 0.2) is 18.2 Å². The van der Waals surface area contributed by atoms with Gasteiger partial charge < -0.3 is 10.5 Å². The Labute approximate surface area is 179 Å². The zero-order valence-corrected chi connectivity index (χ0v) is 17.3. The van der Waals surface area contributed by atoms with E-state index in [4.69, 9.17) is 10.5 Å². The van der Waals surface area contributed by atoms with Crippen molar-refractivity contribution in [2.45, 2.75) is 43.8 Å². The summed E-state index contributed by atoms with van der Waals surface area (Å²) >= 11 is 0. The minimum absolute atomic E-state index is 0.112. The number of imide groups is 2. The van der Waals surface area contributed by atoms with Crippen molar-refractivity contribution in [2.24, 2.45) is 11.7 Å². The molecule has 3 N–H and O–H groups in total. The summed E-state index contributed by atoms with van der Waals surface area (Å²) in [6.45, 7) is 3.82. The van der Waals surface area contributed by atoms with Crippen molar-refractivity contribution in [3.8, 4) is 0 Å². The Morgan fingerprint density at radius 2 is 1.74 bits per heavy atom. The van der Waals surface area contributed by atoms with Gasteiger partial charge in [0.15, 0.2) is 0 Å². The maximum absolute atomic E-state index is 13.0. The maximum atomic E-state index is 13.0. The third-order valence-corrected chi connectivity index (χ3v) is 7.05. The highest BCUT2D eigenvalue weighted by Gasteiger charge is 2.45. The summed E-state index contributed by atoms with van der Waals surface area (Å²) < 4.78 is 5.30. The quantitative estimate of drug-likeness (QED) is 0.651. The standard InChI is InChI=1S/C22H26N4O5/c23-22(11-31-12-22)14-5-7-25(8-6-14)10-13-1-2-15-16(9-13)21(30)26(20(15)29)17-3-4-18(27)24-19(17)28/h1-2,9,14,17H,3-8,10-12,23H2,(H,24,27,28). The molecule has 164 valence electrons. The molecule has 5 rings (SSSR count). The zero-order valence-electron chi connectivity index (χ0n) is 17.3. The second-order valence-corrected chi connectivity index (χ2v) is 9.10. The van der Waals surface area contributed by atoms with Gasteiger partial charge in [-0.15, -0.1) is 0 Å². The average Bonchev–Trinajstić information content (AvgIpc) is 2.97. The number of amides is 4. The van der Waals surface area contributed by atoms with Crippen molar-refractivity contribution in [1.29, 1.82) is 0 Å². The predicted molar refractivity (Wildman–Crippen MR) is 109 cm³/mol. The molecule has 0 aromatic heterocycles. The topological polar surface area (TPSA) is 122 Å². The Balaban J connectivity index is 1.26. The van der Waals surface area contributed by atoms with Gasteiger partial charge >= 0.3 is 0 Å². The minimum Gasteiger partial charge on any atom is -0.377 e. The van der Waals surface area contributed by atoms with E-state index in [2.05, 4.69) is 10.2 Å². The molecule has 9 nitrogen and oxygen atoms in total. The van der Waals surface area contributed by atoms with Crippen LogP contribution in [-0.2, 0) is 20.9 Å². The molecule has 31 heavy (non-hydrogen) atoms. The second kappa shape index (κ2) is 7.51. The van der Waals surface area contributed by atoms with Crippen LogP contribution < -0.4 is 11.1 Å². The number of piperidine rings is 2. The van der Waals surface area contributed by atoms with E-state index in [1.54, 1.807) is 12.1 Å². The lowest BCUT2D eigenvalue weighted by molar-refractivity contribution is -0.136. The van der Waals surface area contributed by atoms with Crippen LogP contribution in [0.3, 0.4) is 0 Å². The lowest BCUT2D eigenvalue weighted by Gasteiger charge is -2.47. The van der Waals surface area contributed by atoms with E-state index in [1.165, 1.54) is 0 Å². The van der Waals surface area contributed by atoms with Crippen LogP contribution >= 0.6 is 0 Å². The Morgan fingerprint density at radius 1 is 1.03 bits per heavy atom. The van der Waals surface area contributed by atoms with Crippen molar-refractivity contribution in [2.75, 3.05) is 26.3 Å². The van der Waals surface area contributed by atoms with Crippen molar-refractivity contribution < 1.29 is 23.9 Å². The van der Waals surface area contributed by atoms with Gasteiger partial charge in [0, 0.05) is 13.0 Å². The number of hydrogen-bond acceptors (Lipinski definition) is 7. The van der Waals surface area contributed by atoms with E-state index < -0.39 is 23.8 Å². The van der Waals surface area contributed by atoms with Gasteiger partial charge in [0.25, 0.3) is 11.8 Å². The summed E-state index contributed by atoms with van der Waals surface area (Å²) in [6, 6.07) is 4.36. The Kier molecular flexibility index (Phi) is 4.91. The van der Waals surface area contributed by atoms with Crippen LogP contribution in [0.5, 0.6) is 0 Å². The number of nitrogens with two attached hydrogens (primary N) is 1. The van der Waals surface area contributed by atoms with Gasteiger partial charge in [0.05, 0.1) is 29.9 Å². The molecule has 4 aliphatic heterocycles. The molecule has 3 saturated heterocycles. The summed E-state index contributed by atoms with van der Waals surface area (Å²) in [5, 5.41) is 2.21. The number of carbonyl (C=O) groups excluding carboxylic acids is 4. The van der Waals surface area contributed by atoms with E-state index in [1.807, 2.05) is 6.07 Å². The summed E-state index contributed by atoms with van der Waals surface area (Å²) in [7, 11) is 0. The number of carbonyl (C=O) groups is 4. The fraction of sp³-hybridized carbons (Fsp3) is 0.545. The molecule has 4 heterocycles. The van der Waals surface area contributed by atoms with Gasteiger partial charge in [-0.05, 0) is 56.0 Å². The third-order valence-electron chi connectivity index (χ3n) is 7.05. The van der Waals surface area contributed by atoms with E-state index in [-0.39, 0.29) is 24.3 Å². The molecule has 1 aromatic carbocycles. The normalized spacial score (nSPS) is 26.6. The number of nitrogens with zero attached hydrogens (tertiary/aromatic N) is 2. The van der Waals surface area contributed by atoms with E-state index in [0.29, 0.717) is 36.8 Å². The Morgan fingerprint density at radius 3 is 2.39 bits per heavy atom. The van der Waals surface area contributed by atoms with Crippen molar-refractivity contribution in [3.05, 3.63) is 34.9 Å². The largest absolute Gasteiger partial charge is 0.377 e. The minimum atomic E-state index is -0.938. The highest BCUT2D eigenvalue weighted by atomic mass is 16.5. The first-order valence-corrected chi connectivity index (χ1v) is 10.8. The molecule has 0 spiro atoms. The molecule has 3 fully saturated rings. The highest BCUT2D eigenvalue weighted by Crippen LogP contribution is 2.33. The number of ether oxygens (including phenoxy) is 1. The smallest absolute Gasteiger partial charge is 0.262 e. The number of nitrogens with one attached hydrogen (secondary N) is 1. The molecule has 0 bridgehead atoms. The van der Waals surface area contributed by atoms with Gasteiger partial charge in [-0.25, -0.2) is 0 Å². The summed E-state index contributed by atoms with van der Waals surface area (Å²) in [4.78, 5) is 52.7. The molecule has 1 aromatic rings. The average molecular weight is 426 g/mol. The maximum Gasteiger partial charge on any atom is 0.262 e. The van der Waals surface area contributed by atoms with Crippen molar-refractivity contribution in [1.82, 2.24) is 15.1 Å². The highest BCUT2D eigenvalue weighted by molar-refractivity contribution is 6.23. The van der Waals surface area contributed by atoms with Crippen LogP contribution in [0.1, 0.15) is 52.0 Å². The molecule has 1 unspecified atom stereocenters. The molecule has 0 saturated carbocycles. The van der Waals surface area contributed by atoms with Crippen LogP contribution in [0.4, 0.5) is 0 Å². The summed E-state index contributed by atoms with van der Waals surface area (Å²) in [5.74, 6) is -1.44.